The van der Waals surface area contributed by atoms with Crippen LogP contribution in [0.4, 0.5) is 0 Å². The van der Waals surface area contributed by atoms with E-state index in [0.29, 0.717) is 24.1 Å². The Morgan fingerprint density at radius 1 is 1.04 bits per heavy atom. The molecule has 3 aromatic rings. The van der Waals surface area contributed by atoms with Crippen molar-refractivity contribution in [3.8, 4) is 5.75 Å². The molecule has 1 aromatic heterocycles. The number of aromatic amines is 1. The second-order valence-electron chi connectivity index (χ2n) is 6.22. The molecule has 25 heavy (non-hydrogen) atoms. The standard InChI is InChI=1S/C20H21N3O2/c1-13-2-4-15(5-3-13)12-18-19(20(21)25)17(22-23-18)11-8-14-6-9-16(24)10-7-14/h2-7,9-10,24H,8,11-12H2,1H3,(H2,21,25)(H,22,23). The molecule has 5 heteroatoms. The Hall–Kier alpha value is -3.08. The number of carbonyl (C=O) groups is 1. The lowest BCUT2D eigenvalue weighted by Crippen LogP contribution is -2.15. The van der Waals surface area contributed by atoms with Crippen molar-refractivity contribution >= 4 is 5.91 Å². The van der Waals surface area contributed by atoms with Gasteiger partial charge in [0.05, 0.1) is 17.0 Å². The van der Waals surface area contributed by atoms with Gasteiger partial charge in [-0.05, 0) is 43.0 Å². The first-order valence-corrected chi connectivity index (χ1v) is 8.22. The number of nitrogens with one attached hydrogen (secondary N) is 1. The molecule has 2 aromatic carbocycles. The van der Waals surface area contributed by atoms with Crippen LogP contribution in [-0.2, 0) is 19.3 Å². The van der Waals surface area contributed by atoms with Crippen LogP contribution in [0.3, 0.4) is 0 Å². The largest absolute Gasteiger partial charge is 0.508 e. The summed E-state index contributed by atoms with van der Waals surface area (Å²) < 4.78 is 0. The van der Waals surface area contributed by atoms with Gasteiger partial charge in [0.2, 0.25) is 0 Å². The molecule has 4 N–H and O–H groups in total. The first-order chi connectivity index (χ1) is 12.0. The Morgan fingerprint density at radius 2 is 1.68 bits per heavy atom. The van der Waals surface area contributed by atoms with Crippen molar-refractivity contribution in [3.63, 3.8) is 0 Å². The number of benzene rings is 2. The number of hydrogen-bond donors (Lipinski definition) is 3. The van der Waals surface area contributed by atoms with Crippen LogP contribution < -0.4 is 5.73 Å². The van der Waals surface area contributed by atoms with E-state index in [1.54, 1.807) is 12.1 Å². The molecule has 0 unspecified atom stereocenters. The molecule has 0 saturated heterocycles. The van der Waals surface area contributed by atoms with Gasteiger partial charge < -0.3 is 10.8 Å². The van der Waals surface area contributed by atoms with E-state index < -0.39 is 5.91 Å². The topological polar surface area (TPSA) is 92.0 Å². The summed E-state index contributed by atoms with van der Waals surface area (Å²) in [5.41, 5.74) is 10.9. The first-order valence-electron chi connectivity index (χ1n) is 8.22. The molecule has 0 radical (unpaired) electrons. The summed E-state index contributed by atoms with van der Waals surface area (Å²) in [5.74, 6) is -0.224. The van der Waals surface area contributed by atoms with E-state index in [9.17, 15) is 9.90 Å². The molecule has 1 heterocycles. The summed E-state index contributed by atoms with van der Waals surface area (Å²) in [7, 11) is 0. The van der Waals surface area contributed by atoms with Crippen molar-refractivity contribution in [1.29, 1.82) is 0 Å². The van der Waals surface area contributed by atoms with Crippen LogP contribution in [0.15, 0.2) is 48.5 Å². The minimum Gasteiger partial charge on any atom is -0.508 e. The summed E-state index contributed by atoms with van der Waals surface area (Å²) in [4.78, 5) is 11.9. The van der Waals surface area contributed by atoms with Crippen LogP contribution in [0.2, 0.25) is 0 Å². The highest BCUT2D eigenvalue weighted by molar-refractivity contribution is 5.95. The summed E-state index contributed by atoms with van der Waals surface area (Å²) in [6.45, 7) is 2.04. The van der Waals surface area contributed by atoms with E-state index >= 15 is 0 Å². The molecule has 0 saturated carbocycles. The molecule has 0 aliphatic heterocycles. The maximum Gasteiger partial charge on any atom is 0.252 e. The molecule has 3 rings (SSSR count). The van der Waals surface area contributed by atoms with Crippen molar-refractivity contribution < 1.29 is 9.90 Å². The van der Waals surface area contributed by atoms with E-state index in [1.807, 2.05) is 43.3 Å². The number of phenols is 1. The Bertz CT molecular complexity index is 865. The predicted molar refractivity (Wildman–Crippen MR) is 96.6 cm³/mol. The van der Waals surface area contributed by atoms with Gasteiger partial charge in [0.15, 0.2) is 0 Å². The smallest absolute Gasteiger partial charge is 0.252 e. The molecule has 0 aliphatic carbocycles. The molecule has 128 valence electrons. The molecular formula is C20H21N3O2. The molecular weight excluding hydrogens is 314 g/mol. The van der Waals surface area contributed by atoms with Crippen LogP contribution in [0.5, 0.6) is 5.75 Å². The number of amides is 1. The maximum absolute atomic E-state index is 11.9. The van der Waals surface area contributed by atoms with Gasteiger partial charge in [0, 0.05) is 6.42 Å². The molecule has 5 nitrogen and oxygen atoms in total. The molecule has 0 bridgehead atoms. The number of phenolic OH excluding ortho intramolecular Hbond substituents is 1. The Labute approximate surface area is 146 Å². The Morgan fingerprint density at radius 3 is 2.32 bits per heavy atom. The van der Waals surface area contributed by atoms with Crippen LogP contribution in [0.25, 0.3) is 0 Å². The number of carbonyl (C=O) groups excluding carboxylic acids is 1. The van der Waals surface area contributed by atoms with Crippen LogP contribution in [-0.4, -0.2) is 21.2 Å². The van der Waals surface area contributed by atoms with Gasteiger partial charge in [-0.2, -0.15) is 5.10 Å². The average Bonchev–Trinajstić information content (AvgIpc) is 2.99. The first kappa shape index (κ1) is 16.8. The third-order valence-corrected chi connectivity index (χ3v) is 4.25. The fraction of sp³-hybridized carbons (Fsp3) is 0.200. The van der Waals surface area contributed by atoms with Gasteiger partial charge in [-0.1, -0.05) is 42.0 Å². The summed E-state index contributed by atoms with van der Waals surface area (Å²) in [5, 5.41) is 16.6. The number of aromatic nitrogens is 2. The Balaban J connectivity index is 1.78. The molecule has 0 fully saturated rings. The minimum atomic E-state index is -0.462. The minimum absolute atomic E-state index is 0.238. The quantitative estimate of drug-likeness (QED) is 0.647. The number of nitrogens with two attached hydrogens (primary N) is 1. The number of aromatic hydroxyl groups is 1. The summed E-state index contributed by atoms with van der Waals surface area (Å²) in [6, 6.07) is 15.2. The van der Waals surface area contributed by atoms with Gasteiger partial charge in [0.1, 0.15) is 5.75 Å². The second kappa shape index (κ2) is 7.21. The lowest BCUT2D eigenvalue weighted by Gasteiger charge is -2.04. The van der Waals surface area contributed by atoms with Gasteiger partial charge in [-0.15, -0.1) is 0 Å². The van der Waals surface area contributed by atoms with Gasteiger partial charge >= 0.3 is 0 Å². The Kier molecular flexibility index (Phi) is 4.84. The van der Waals surface area contributed by atoms with E-state index in [4.69, 9.17) is 5.73 Å². The van der Waals surface area contributed by atoms with E-state index in [2.05, 4.69) is 10.2 Å². The summed E-state index contributed by atoms with van der Waals surface area (Å²) in [6.07, 6.45) is 1.91. The van der Waals surface area contributed by atoms with Crippen LogP contribution in [0, 0.1) is 6.92 Å². The summed E-state index contributed by atoms with van der Waals surface area (Å²) >= 11 is 0. The monoisotopic (exact) mass is 335 g/mol. The van der Waals surface area contributed by atoms with Crippen molar-refractivity contribution in [2.45, 2.75) is 26.2 Å². The third-order valence-electron chi connectivity index (χ3n) is 4.25. The van der Waals surface area contributed by atoms with Gasteiger partial charge in [0.25, 0.3) is 5.91 Å². The zero-order valence-electron chi connectivity index (χ0n) is 14.1. The number of H-pyrrole nitrogens is 1. The van der Waals surface area contributed by atoms with Crippen molar-refractivity contribution in [2.75, 3.05) is 0 Å². The SMILES string of the molecule is Cc1ccc(Cc2[nH]nc(CCc3ccc(O)cc3)c2C(N)=O)cc1. The van der Waals surface area contributed by atoms with Gasteiger partial charge in [-0.3, -0.25) is 9.89 Å². The molecule has 1 amide bonds. The fourth-order valence-electron chi connectivity index (χ4n) is 2.86. The number of rotatable bonds is 6. The lowest BCUT2D eigenvalue weighted by atomic mass is 10.0. The van der Waals surface area contributed by atoms with E-state index in [0.717, 1.165) is 23.2 Å². The van der Waals surface area contributed by atoms with E-state index in [1.165, 1.54) is 5.56 Å². The highest BCUT2D eigenvalue weighted by Crippen LogP contribution is 2.18. The average molecular weight is 335 g/mol. The predicted octanol–water partition coefficient (Wildman–Crippen LogP) is 2.90. The number of aryl methyl sites for hydroxylation is 3. The van der Waals surface area contributed by atoms with Crippen LogP contribution >= 0.6 is 0 Å². The normalized spacial score (nSPS) is 10.8. The molecule has 0 atom stereocenters. The zero-order chi connectivity index (χ0) is 17.8. The number of primary amides is 1. The zero-order valence-corrected chi connectivity index (χ0v) is 14.1. The second-order valence-corrected chi connectivity index (χ2v) is 6.22. The van der Waals surface area contributed by atoms with Crippen molar-refractivity contribution in [3.05, 3.63) is 82.2 Å². The van der Waals surface area contributed by atoms with Crippen molar-refractivity contribution in [1.82, 2.24) is 10.2 Å². The third kappa shape index (κ3) is 4.07. The van der Waals surface area contributed by atoms with Gasteiger partial charge in [-0.25, -0.2) is 0 Å². The van der Waals surface area contributed by atoms with Crippen LogP contribution in [0.1, 0.15) is 38.4 Å². The fourth-order valence-corrected chi connectivity index (χ4v) is 2.86. The molecule has 0 aliphatic rings. The highest BCUT2D eigenvalue weighted by atomic mass is 16.3. The van der Waals surface area contributed by atoms with Crippen molar-refractivity contribution in [2.24, 2.45) is 5.73 Å². The van der Waals surface area contributed by atoms with E-state index in [-0.39, 0.29) is 5.75 Å². The number of hydrogen-bond acceptors (Lipinski definition) is 3. The highest BCUT2D eigenvalue weighted by Gasteiger charge is 2.18. The molecule has 0 spiro atoms. The maximum atomic E-state index is 11.9. The lowest BCUT2D eigenvalue weighted by molar-refractivity contribution is 0.0998. The number of nitrogens with zero attached hydrogens (tertiary/aromatic N) is 1.